The zero-order valence-electron chi connectivity index (χ0n) is 13.1. The highest BCUT2D eigenvalue weighted by atomic mass is 79.9. The van der Waals surface area contributed by atoms with Crippen LogP contribution in [0.5, 0.6) is 11.5 Å². The molecule has 6 heteroatoms. The second-order valence-electron chi connectivity index (χ2n) is 4.25. The fraction of sp³-hybridized carbons (Fsp3) is 0.294. The van der Waals surface area contributed by atoms with Gasteiger partial charge in [0.25, 0.3) is 0 Å². The molecule has 0 heterocycles. The van der Waals surface area contributed by atoms with Crippen LogP contribution in [0.4, 0.5) is 0 Å². The van der Waals surface area contributed by atoms with Gasteiger partial charge in [0.1, 0.15) is 18.2 Å². The molecule has 0 saturated carbocycles. The second-order valence-corrected chi connectivity index (χ2v) is 5.11. The molecule has 0 aliphatic heterocycles. The summed E-state index contributed by atoms with van der Waals surface area (Å²) in [5.41, 5.74) is 0.539. The van der Waals surface area contributed by atoms with Gasteiger partial charge in [-0.25, -0.2) is 4.79 Å². The third-order valence-electron chi connectivity index (χ3n) is 2.60. The first-order valence-electron chi connectivity index (χ1n) is 7.06. The molecule has 0 bridgehead atoms. The van der Waals surface area contributed by atoms with Crippen LogP contribution < -0.4 is 9.47 Å². The van der Waals surface area contributed by atoms with E-state index in [9.17, 15) is 4.79 Å². The van der Waals surface area contributed by atoms with Crippen molar-refractivity contribution in [3.05, 3.63) is 40.4 Å². The normalized spacial score (nSPS) is 10.6. The smallest absolute Gasteiger partial charge is 0.348 e. The molecule has 0 N–H and O–H groups in total. The molecule has 0 radical (unpaired) electrons. The van der Waals surface area contributed by atoms with Crippen molar-refractivity contribution in [2.24, 2.45) is 0 Å². The van der Waals surface area contributed by atoms with Crippen LogP contribution in [0.2, 0.25) is 0 Å². The quantitative estimate of drug-likeness (QED) is 0.296. The van der Waals surface area contributed by atoms with Crippen molar-refractivity contribution in [3.63, 3.8) is 0 Å². The fourth-order valence-corrected chi connectivity index (χ4v) is 2.30. The first-order chi connectivity index (χ1) is 11.1. The summed E-state index contributed by atoms with van der Waals surface area (Å²) in [5.74, 6) is 0.394. The second kappa shape index (κ2) is 9.70. The van der Waals surface area contributed by atoms with Crippen LogP contribution >= 0.6 is 15.9 Å². The highest BCUT2D eigenvalue weighted by Gasteiger charge is 2.14. The topological polar surface area (TPSA) is 68.5 Å². The maximum atomic E-state index is 11.7. The largest absolute Gasteiger partial charge is 0.490 e. The molecule has 0 atom stereocenters. The van der Waals surface area contributed by atoms with Crippen molar-refractivity contribution in [3.8, 4) is 17.6 Å². The molecule has 0 aromatic heterocycles. The number of ether oxygens (including phenoxy) is 3. The maximum Gasteiger partial charge on any atom is 0.348 e. The molecular formula is C17H18BrNO4. The molecule has 122 valence electrons. The van der Waals surface area contributed by atoms with Crippen molar-refractivity contribution in [2.45, 2.75) is 13.8 Å². The number of esters is 1. The van der Waals surface area contributed by atoms with Gasteiger partial charge in [-0.05, 0) is 53.5 Å². The lowest BCUT2D eigenvalue weighted by Gasteiger charge is -2.13. The summed E-state index contributed by atoms with van der Waals surface area (Å²) in [7, 11) is 0. The van der Waals surface area contributed by atoms with E-state index < -0.39 is 5.97 Å². The molecule has 0 unspecified atom stereocenters. The Morgan fingerprint density at radius 2 is 2.09 bits per heavy atom. The Bertz CT molecular complexity index is 647. The minimum absolute atomic E-state index is 0.0824. The first-order valence-corrected chi connectivity index (χ1v) is 7.85. The summed E-state index contributed by atoms with van der Waals surface area (Å²) in [6.45, 7) is 8.14. The molecule has 1 rings (SSSR count). The van der Waals surface area contributed by atoms with Crippen LogP contribution in [0.1, 0.15) is 19.4 Å². The average Bonchev–Trinajstić information content (AvgIpc) is 2.52. The van der Waals surface area contributed by atoms with Gasteiger partial charge in [-0.3, -0.25) is 0 Å². The zero-order valence-corrected chi connectivity index (χ0v) is 14.7. The lowest BCUT2D eigenvalue weighted by molar-refractivity contribution is -0.137. The summed E-state index contributed by atoms with van der Waals surface area (Å²) in [6.07, 6.45) is 3.08. The third-order valence-corrected chi connectivity index (χ3v) is 3.19. The first kappa shape index (κ1) is 18.8. The Morgan fingerprint density at radius 3 is 2.65 bits per heavy atom. The van der Waals surface area contributed by atoms with E-state index in [1.165, 1.54) is 6.08 Å². The lowest BCUT2D eigenvalue weighted by atomic mass is 10.1. The SMILES string of the molecule is C=CCOc1c(Br)cc(C=C(C#N)C(=O)OCC)cc1OCC. The molecule has 5 nitrogen and oxygen atoms in total. The number of hydrogen-bond acceptors (Lipinski definition) is 5. The van der Waals surface area contributed by atoms with Gasteiger partial charge >= 0.3 is 5.97 Å². The van der Waals surface area contributed by atoms with E-state index in [0.29, 0.717) is 34.7 Å². The molecule has 0 fully saturated rings. The summed E-state index contributed by atoms with van der Waals surface area (Å²) in [5, 5.41) is 9.10. The average molecular weight is 380 g/mol. The number of carbonyl (C=O) groups excluding carboxylic acids is 1. The van der Waals surface area contributed by atoms with E-state index in [1.807, 2.05) is 13.0 Å². The number of hydrogen-bond donors (Lipinski definition) is 0. The van der Waals surface area contributed by atoms with E-state index in [0.717, 1.165) is 0 Å². The number of benzene rings is 1. The number of nitriles is 1. The summed E-state index contributed by atoms with van der Waals surface area (Å²) < 4.78 is 16.6. The van der Waals surface area contributed by atoms with Crippen LogP contribution in [-0.4, -0.2) is 25.8 Å². The number of carbonyl (C=O) groups is 1. The molecule has 0 aliphatic carbocycles. The summed E-state index contributed by atoms with van der Waals surface area (Å²) in [6, 6.07) is 5.27. The molecule has 1 aromatic carbocycles. The van der Waals surface area contributed by atoms with E-state index in [4.69, 9.17) is 19.5 Å². The van der Waals surface area contributed by atoms with Crippen LogP contribution in [-0.2, 0) is 9.53 Å². The predicted molar refractivity (Wildman–Crippen MR) is 91.2 cm³/mol. The summed E-state index contributed by atoms with van der Waals surface area (Å²) in [4.78, 5) is 11.7. The van der Waals surface area contributed by atoms with Gasteiger partial charge in [0, 0.05) is 0 Å². The highest BCUT2D eigenvalue weighted by Crippen LogP contribution is 2.37. The van der Waals surface area contributed by atoms with Crippen molar-refractivity contribution in [1.82, 2.24) is 0 Å². The van der Waals surface area contributed by atoms with Crippen molar-refractivity contribution in [2.75, 3.05) is 19.8 Å². The van der Waals surface area contributed by atoms with Gasteiger partial charge in [-0.1, -0.05) is 12.7 Å². The molecule has 23 heavy (non-hydrogen) atoms. The van der Waals surface area contributed by atoms with E-state index in [-0.39, 0.29) is 12.2 Å². The van der Waals surface area contributed by atoms with Crippen molar-refractivity contribution < 1.29 is 19.0 Å². The van der Waals surface area contributed by atoms with Crippen LogP contribution in [0.15, 0.2) is 34.8 Å². The molecule has 0 saturated heterocycles. The number of rotatable bonds is 8. The maximum absolute atomic E-state index is 11.7. The molecule has 1 aromatic rings. The molecule has 0 spiro atoms. The minimum Gasteiger partial charge on any atom is -0.490 e. The number of nitrogens with zero attached hydrogens (tertiary/aromatic N) is 1. The number of halogens is 1. The van der Waals surface area contributed by atoms with Crippen LogP contribution in [0, 0.1) is 11.3 Å². The van der Waals surface area contributed by atoms with Crippen molar-refractivity contribution >= 4 is 28.0 Å². The third kappa shape index (κ3) is 5.46. The monoisotopic (exact) mass is 379 g/mol. The Balaban J connectivity index is 3.25. The van der Waals surface area contributed by atoms with Gasteiger partial charge in [-0.2, -0.15) is 5.26 Å². The Hall–Kier alpha value is -2.26. The van der Waals surface area contributed by atoms with Crippen molar-refractivity contribution in [1.29, 1.82) is 5.26 Å². The fourth-order valence-electron chi connectivity index (χ4n) is 1.73. The Kier molecular flexibility index (Phi) is 7.92. The van der Waals surface area contributed by atoms with Gasteiger partial charge in [0.2, 0.25) is 0 Å². The summed E-state index contributed by atoms with van der Waals surface area (Å²) >= 11 is 3.41. The Morgan fingerprint density at radius 1 is 1.35 bits per heavy atom. The standard InChI is InChI=1S/C17H18BrNO4/c1-4-7-23-16-14(18)9-12(10-15(16)21-5-2)8-13(11-19)17(20)22-6-3/h4,8-10H,1,5-7H2,2-3H3. The van der Waals surface area contributed by atoms with E-state index in [1.54, 1.807) is 25.1 Å². The Labute approximate surface area is 144 Å². The highest BCUT2D eigenvalue weighted by molar-refractivity contribution is 9.10. The van der Waals surface area contributed by atoms with Gasteiger partial charge in [0.05, 0.1) is 17.7 Å². The van der Waals surface area contributed by atoms with Gasteiger partial charge in [0.15, 0.2) is 11.5 Å². The predicted octanol–water partition coefficient (Wildman–Crippen LogP) is 3.88. The van der Waals surface area contributed by atoms with Crippen LogP contribution in [0.3, 0.4) is 0 Å². The van der Waals surface area contributed by atoms with Crippen LogP contribution in [0.25, 0.3) is 6.08 Å². The van der Waals surface area contributed by atoms with Gasteiger partial charge < -0.3 is 14.2 Å². The lowest BCUT2D eigenvalue weighted by Crippen LogP contribution is -2.06. The zero-order chi connectivity index (χ0) is 17.2. The van der Waals surface area contributed by atoms with E-state index in [2.05, 4.69) is 22.5 Å². The van der Waals surface area contributed by atoms with E-state index >= 15 is 0 Å². The minimum atomic E-state index is -0.656. The molecular weight excluding hydrogens is 362 g/mol. The molecule has 0 aliphatic rings. The van der Waals surface area contributed by atoms with Gasteiger partial charge in [-0.15, -0.1) is 0 Å². The molecule has 0 amide bonds.